The van der Waals surface area contributed by atoms with Gasteiger partial charge in [0.25, 0.3) is 0 Å². The van der Waals surface area contributed by atoms with Crippen LogP contribution in [0.2, 0.25) is 0 Å². The number of hydrogen-bond donors (Lipinski definition) is 1. The lowest BCUT2D eigenvalue weighted by Gasteiger charge is -2.27. The summed E-state index contributed by atoms with van der Waals surface area (Å²) in [4.78, 5) is 0. The molecule has 0 unspecified atom stereocenters. The standard InChI is InChI=1S/C16H22N2O/c1-13-2-6-15(7-3-13)18-12-14-4-8-16(9-5-14)19-11-10-17/h4-5,8-9,13,15,18H,2-3,6-7,11-12H2,1H3. The van der Waals surface area contributed by atoms with Gasteiger partial charge in [-0.1, -0.05) is 19.1 Å². The first-order valence-corrected chi connectivity index (χ1v) is 7.10. The smallest absolute Gasteiger partial charge is 0.174 e. The lowest BCUT2D eigenvalue weighted by atomic mass is 9.87. The summed E-state index contributed by atoms with van der Waals surface area (Å²) in [5, 5.41) is 12.1. The molecule has 0 amide bonds. The van der Waals surface area contributed by atoms with Crippen molar-refractivity contribution < 1.29 is 4.74 Å². The number of nitriles is 1. The van der Waals surface area contributed by atoms with Crippen LogP contribution in [-0.2, 0) is 6.54 Å². The van der Waals surface area contributed by atoms with Gasteiger partial charge in [-0.15, -0.1) is 0 Å². The highest BCUT2D eigenvalue weighted by molar-refractivity contribution is 5.27. The molecule has 0 bridgehead atoms. The monoisotopic (exact) mass is 258 g/mol. The normalized spacial score (nSPS) is 22.7. The van der Waals surface area contributed by atoms with Crippen LogP contribution in [0, 0.1) is 17.2 Å². The maximum absolute atomic E-state index is 8.44. The third kappa shape index (κ3) is 4.57. The van der Waals surface area contributed by atoms with Crippen LogP contribution in [0.15, 0.2) is 24.3 Å². The fraction of sp³-hybridized carbons (Fsp3) is 0.562. The lowest BCUT2D eigenvalue weighted by molar-refractivity contribution is 0.306. The molecule has 1 aliphatic carbocycles. The van der Waals surface area contributed by atoms with Gasteiger partial charge in [0.2, 0.25) is 0 Å². The second kappa shape index (κ2) is 7.16. The Bertz CT molecular complexity index is 413. The number of nitrogens with one attached hydrogen (secondary N) is 1. The van der Waals surface area contributed by atoms with Gasteiger partial charge in [-0.05, 0) is 49.3 Å². The number of ether oxygens (including phenoxy) is 1. The van der Waals surface area contributed by atoms with Gasteiger partial charge in [0, 0.05) is 12.6 Å². The number of rotatable bonds is 5. The van der Waals surface area contributed by atoms with Gasteiger partial charge in [-0.2, -0.15) is 5.26 Å². The van der Waals surface area contributed by atoms with Crippen molar-refractivity contribution in [3.63, 3.8) is 0 Å². The molecule has 1 aromatic rings. The van der Waals surface area contributed by atoms with E-state index in [2.05, 4.69) is 24.4 Å². The molecule has 3 nitrogen and oxygen atoms in total. The molecule has 0 aliphatic heterocycles. The molecule has 1 saturated carbocycles. The van der Waals surface area contributed by atoms with E-state index in [1.807, 2.05) is 18.2 Å². The Morgan fingerprint density at radius 3 is 2.53 bits per heavy atom. The fourth-order valence-electron chi connectivity index (χ4n) is 2.55. The molecule has 1 fully saturated rings. The summed E-state index contributed by atoms with van der Waals surface area (Å²) in [6.07, 6.45) is 5.28. The number of benzene rings is 1. The molecule has 1 aromatic carbocycles. The third-order valence-corrected chi connectivity index (χ3v) is 3.84. The minimum absolute atomic E-state index is 0.109. The van der Waals surface area contributed by atoms with Gasteiger partial charge in [0.05, 0.1) is 0 Å². The van der Waals surface area contributed by atoms with Crippen molar-refractivity contribution in [2.24, 2.45) is 5.92 Å². The molecule has 102 valence electrons. The zero-order valence-corrected chi connectivity index (χ0v) is 11.6. The van der Waals surface area contributed by atoms with E-state index in [4.69, 9.17) is 10.00 Å². The van der Waals surface area contributed by atoms with E-state index < -0.39 is 0 Å². The van der Waals surface area contributed by atoms with Crippen LogP contribution in [0.5, 0.6) is 5.75 Å². The quantitative estimate of drug-likeness (QED) is 0.881. The Morgan fingerprint density at radius 1 is 1.21 bits per heavy atom. The van der Waals surface area contributed by atoms with Crippen LogP contribution in [0.1, 0.15) is 38.2 Å². The van der Waals surface area contributed by atoms with Crippen LogP contribution >= 0.6 is 0 Å². The van der Waals surface area contributed by atoms with Crippen LogP contribution in [-0.4, -0.2) is 12.6 Å². The van der Waals surface area contributed by atoms with Gasteiger partial charge in [0.1, 0.15) is 11.8 Å². The highest BCUT2D eigenvalue weighted by Crippen LogP contribution is 2.23. The molecule has 19 heavy (non-hydrogen) atoms. The van der Waals surface area contributed by atoms with Crippen molar-refractivity contribution in [2.75, 3.05) is 6.61 Å². The molecule has 1 aliphatic rings. The first-order chi connectivity index (χ1) is 9.28. The summed E-state index contributed by atoms with van der Waals surface area (Å²) in [6.45, 7) is 3.37. The zero-order chi connectivity index (χ0) is 13.5. The summed E-state index contributed by atoms with van der Waals surface area (Å²) < 4.78 is 5.23. The SMILES string of the molecule is CC1CCC(NCc2ccc(OCC#N)cc2)CC1. The molecule has 0 atom stereocenters. The Labute approximate surface area is 115 Å². The average Bonchev–Trinajstić information content (AvgIpc) is 2.46. The topological polar surface area (TPSA) is 45.0 Å². The van der Waals surface area contributed by atoms with E-state index in [0.717, 1.165) is 18.2 Å². The first-order valence-electron chi connectivity index (χ1n) is 7.10. The maximum Gasteiger partial charge on any atom is 0.174 e. The van der Waals surface area contributed by atoms with E-state index >= 15 is 0 Å². The van der Waals surface area contributed by atoms with Crippen molar-refractivity contribution in [3.05, 3.63) is 29.8 Å². The van der Waals surface area contributed by atoms with Crippen molar-refractivity contribution in [2.45, 2.75) is 45.2 Å². The minimum atomic E-state index is 0.109. The van der Waals surface area contributed by atoms with Gasteiger partial charge in [-0.3, -0.25) is 0 Å². The number of hydrogen-bond acceptors (Lipinski definition) is 3. The lowest BCUT2D eigenvalue weighted by Crippen LogP contribution is -2.32. The third-order valence-electron chi connectivity index (χ3n) is 3.84. The van der Waals surface area contributed by atoms with E-state index in [1.165, 1.54) is 31.2 Å². The molecular weight excluding hydrogens is 236 g/mol. The van der Waals surface area contributed by atoms with Crippen molar-refractivity contribution in [1.82, 2.24) is 5.32 Å². The second-order valence-corrected chi connectivity index (χ2v) is 5.43. The van der Waals surface area contributed by atoms with Crippen molar-refractivity contribution >= 4 is 0 Å². The average molecular weight is 258 g/mol. The van der Waals surface area contributed by atoms with Gasteiger partial charge in [0.15, 0.2) is 6.61 Å². The Morgan fingerprint density at radius 2 is 1.89 bits per heavy atom. The fourth-order valence-corrected chi connectivity index (χ4v) is 2.55. The molecule has 0 spiro atoms. The zero-order valence-electron chi connectivity index (χ0n) is 11.6. The summed E-state index contributed by atoms with van der Waals surface area (Å²) in [5.41, 5.74) is 1.27. The predicted octanol–water partition coefficient (Wildman–Crippen LogP) is 3.26. The molecule has 1 N–H and O–H groups in total. The van der Waals surface area contributed by atoms with Gasteiger partial charge >= 0.3 is 0 Å². The molecule has 0 aromatic heterocycles. The minimum Gasteiger partial charge on any atom is -0.479 e. The molecule has 0 saturated heterocycles. The largest absolute Gasteiger partial charge is 0.479 e. The Hall–Kier alpha value is -1.53. The highest BCUT2D eigenvalue weighted by atomic mass is 16.5. The highest BCUT2D eigenvalue weighted by Gasteiger charge is 2.17. The summed E-state index contributed by atoms with van der Waals surface area (Å²) >= 11 is 0. The Balaban J connectivity index is 1.75. The summed E-state index contributed by atoms with van der Waals surface area (Å²) in [6, 6.07) is 10.6. The molecule has 3 heteroatoms. The van der Waals surface area contributed by atoms with Crippen LogP contribution in [0.3, 0.4) is 0 Å². The van der Waals surface area contributed by atoms with Crippen LogP contribution < -0.4 is 10.1 Å². The summed E-state index contributed by atoms with van der Waals surface area (Å²) in [5.74, 6) is 1.66. The maximum atomic E-state index is 8.44. The van der Waals surface area contributed by atoms with Crippen molar-refractivity contribution in [1.29, 1.82) is 5.26 Å². The Kier molecular flexibility index (Phi) is 5.23. The van der Waals surface area contributed by atoms with E-state index in [0.29, 0.717) is 6.04 Å². The first kappa shape index (κ1) is 13.9. The van der Waals surface area contributed by atoms with Crippen LogP contribution in [0.25, 0.3) is 0 Å². The summed E-state index contributed by atoms with van der Waals surface area (Å²) in [7, 11) is 0. The number of nitrogens with zero attached hydrogens (tertiary/aromatic N) is 1. The van der Waals surface area contributed by atoms with Crippen LogP contribution in [0.4, 0.5) is 0 Å². The predicted molar refractivity (Wildman–Crippen MR) is 75.8 cm³/mol. The van der Waals surface area contributed by atoms with Gasteiger partial charge < -0.3 is 10.1 Å². The van der Waals surface area contributed by atoms with E-state index in [9.17, 15) is 0 Å². The molecule has 2 rings (SSSR count). The molecule has 0 heterocycles. The second-order valence-electron chi connectivity index (χ2n) is 5.43. The van der Waals surface area contributed by atoms with Crippen molar-refractivity contribution in [3.8, 4) is 11.8 Å². The van der Waals surface area contributed by atoms with E-state index in [-0.39, 0.29) is 6.61 Å². The molecular formula is C16H22N2O. The van der Waals surface area contributed by atoms with E-state index in [1.54, 1.807) is 0 Å². The van der Waals surface area contributed by atoms with Gasteiger partial charge in [-0.25, -0.2) is 0 Å². The molecule has 0 radical (unpaired) electrons.